The third-order valence-electron chi connectivity index (χ3n) is 4.12. The Kier molecular flexibility index (Phi) is 7.84. The van der Waals surface area contributed by atoms with Gasteiger partial charge in [-0.15, -0.1) is 11.3 Å². The Bertz CT molecular complexity index is 978. The van der Waals surface area contributed by atoms with Crippen molar-refractivity contribution in [3.63, 3.8) is 0 Å². The minimum atomic E-state index is -0.150. The van der Waals surface area contributed by atoms with Crippen LogP contribution in [0.4, 0.5) is 11.4 Å². The van der Waals surface area contributed by atoms with Gasteiger partial charge in [-0.2, -0.15) is 0 Å². The molecule has 156 valence electrons. The van der Waals surface area contributed by atoms with Gasteiger partial charge in [0.25, 0.3) is 5.91 Å². The van der Waals surface area contributed by atoms with E-state index in [1.54, 1.807) is 42.5 Å². The van der Waals surface area contributed by atoms with Gasteiger partial charge in [0.2, 0.25) is 5.91 Å². The molecule has 6 nitrogen and oxygen atoms in total. The Hall–Kier alpha value is -2.87. The van der Waals surface area contributed by atoms with Crippen LogP contribution in [-0.2, 0) is 4.79 Å². The van der Waals surface area contributed by atoms with Crippen LogP contribution in [0.3, 0.4) is 0 Å². The van der Waals surface area contributed by atoms with E-state index in [1.807, 2.05) is 35.5 Å². The molecule has 8 heteroatoms. The highest BCUT2D eigenvalue weighted by Crippen LogP contribution is 2.17. The summed E-state index contributed by atoms with van der Waals surface area (Å²) in [5.41, 5.74) is 1.33. The van der Waals surface area contributed by atoms with Gasteiger partial charge < -0.3 is 15.4 Å². The number of halogens is 1. The molecule has 3 aromatic rings. The molecule has 0 bridgehead atoms. The quantitative estimate of drug-likeness (QED) is 0.507. The van der Waals surface area contributed by atoms with Gasteiger partial charge in [0.15, 0.2) is 0 Å². The molecule has 30 heavy (non-hydrogen) atoms. The second-order valence-corrected chi connectivity index (χ2v) is 7.98. The average molecular weight is 444 g/mol. The molecule has 1 aromatic heterocycles. The lowest BCUT2D eigenvalue weighted by Gasteiger charge is -2.17. The summed E-state index contributed by atoms with van der Waals surface area (Å²) >= 11 is 7.31. The molecule has 3 rings (SSSR count). The number of amides is 2. The van der Waals surface area contributed by atoms with Gasteiger partial charge in [0, 0.05) is 22.9 Å². The van der Waals surface area contributed by atoms with E-state index in [0.717, 1.165) is 0 Å². The molecule has 0 unspecified atom stereocenters. The third kappa shape index (κ3) is 6.88. The topological polar surface area (TPSA) is 70.7 Å². The van der Waals surface area contributed by atoms with Gasteiger partial charge in [-0.1, -0.05) is 23.7 Å². The zero-order valence-electron chi connectivity index (χ0n) is 16.4. The van der Waals surface area contributed by atoms with Gasteiger partial charge in [-0.3, -0.25) is 14.5 Å². The molecule has 0 aliphatic rings. The van der Waals surface area contributed by atoms with Gasteiger partial charge in [-0.25, -0.2) is 0 Å². The van der Waals surface area contributed by atoms with Gasteiger partial charge >= 0.3 is 0 Å². The molecule has 0 atom stereocenters. The first-order chi connectivity index (χ1) is 14.5. The maximum atomic E-state index is 12.2. The number of nitrogens with one attached hydrogen (secondary N) is 2. The van der Waals surface area contributed by atoms with Crippen LogP contribution in [0.1, 0.15) is 9.67 Å². The van der Waals surface area contributed by atoms with Crippen molar-refractivity contribution in [3.8, 4) is 5.75 Å². The summed E-state index contributed by atoms with van der Waals surface area (Å²) in [4.78, 5) is 26.8. The number of thiophene rings is 1. The SMILES string of the molecule is CN(CCOc1cccc(Cl)c1)CC(=O)Nc1ccc(NC(=O)c2cccs2)cc1. The Balaban J connectivity index is 1.40. The zero-order valence-corrected chi connectivity index (χ0v) is 18.0. The number of ether oxygens (including phenoxy) is 1. The van der Waals surface area contributed by atoms with Crippen LogP contribution in [0.2, 0.25) is 5.02 Å². The van der Waals surface area contributed by atoms with E-state index >= 15 is 0 Å². The lowest BCUT2D eigenvalue weighted by molar-refractivity contribution is -0.117. The molecule has 0 aliphatic heterocycles. The number of likely N-dealkylation sites (N-methyl/N-ethyl adjacent to an activating group) is 1. The zero-order chi connectivity index (χ0) is 21.3. The minimum Gasteiger partial charge on any atom is -0.492 e. The molecule has 0 spiro atoms. The molecule has 2 aromatic carbocycles. The summed E-state index contributed by atoms with van der Waals surface area (Å²) in [5, 5.41) is 8.15. The number of hydrogen-bond acceptors (Lipinski definition) is 5. The summed E-state index contributed by atoms with van der Waals surface area (Å²) in [6, 6.07) is 17.8. The number of carbonyl (C=O) groups excluding carboxylic acids is 2. The van der Waals surface area contributed by atoms with Crippen molar-refractivity contribution in [1.29, 1.82) is 0 Å². The van der Waals surface area contributed by atoms with Gasteiger partial charge in [0.05, 0.1) is 11.4 Å². The van der Waals surface area contributed by atoms with E-state index in [2.05, 4.69) is 10.6 Å². The predicted octanol–water partition coefficient (Wildman–Crippen LogP) is 4.60. The van der Waals surface area contributed by atoms with Crippen LogP contribution >= 0.6 is 22.9 Å². The molecule has 0 saturated heterocycles. The Morgan fingerprint density at radius 1 is 1.03 bits per heavy atom. The molecular formula is C22H22ClN3O3S. The van der Waals surface area contributed by atoms with Crippen LogP contribution in [-0.4, -0.2) is 43.5 Å². The van der Waals surface area contributed by atoms with E-state index in [1.165, 1.54) is 11.3 Å². The van der Waals surface area contributed by atoms with E-state index in [9.17, 15) is 9.59 Å². The number of benzene rings is 2. The van der Waals surface area contributed by atoms with E-state index < -0.39 is 0 Å². The van der Waals surface area contributed by atoms with Gasteiger partial charge in [0.1, 0.15) is 12.4 Å². The fourth-order valence-electron chi connectivity index (χ4n) is 2.64. The maximum absolute atomic E-state index is 12.2. The van der Waals surface area contributed by atoms with Crippen molar-refractivity contribution in [2.75, 3.05) is 37.4 Å². The Morgan fingerprint density at radius 3 is 2.43 bits per heavy atom. The van der Waals surface area contributed by atoms with E-state index in [0.29, 0.717) is 40.2 Å². The summed E-state index contributed by atoms with van der Waals surface area (Å²) in [6.45, 7) is 1.27. The smallest absolute Gasteiger partial charge is 0.265 e. The highest BCUT2D eigenvalue weighted by atomic mass is 35.5. The highest BCUT2D eigenvalue weighted by molar-refractivity contribution is 7.12. The average Bonchev–Trinajstić information content (AvgIpc) is 3.24. The molecule has 2 amide bonds. The minimum absolute atomic E-state index is 0.129. The number of carbonyl (C=O) groups is 2. The number of hydrogen-bond donors (Lipinski definition) is 2. The van der Waals surface area contributed by atoms with Crippen LogP contribution < -0.4 is 15.4 Å². The fourth-order valence-corrected chi connectivity index (χ4v) is 3.44. The van der Waals surface area contributed by atoms with E-state index in [-0.39, 0.29) is 18.4 Å². The first kappa shape index (κ1) is 21.8. The summed E-state index contributed by atoms with van der Waals surface area (Å²) in [7, 11) is 1.85. The summed E-state index contributed by atoms with van der Waals surface area (Å²) in [5.74, 6) is 0.422. The second kappa shape index (κ2) is 10.8. The molecule has 0 saturated carbocycles. The van der Waals surface area contributed by atoms with Crippen LogP contribution in [0.25, 0.3) is 0 Å². The maximum Gasteiger partial charge on any atom is 0.265 e. The van der Waals surface area contributed by atoms with Crippen molar-refractivity contribution in [3.05, 3.63) is 75.9 Å². The van der Waals surface area contributed by atoms with Gasteiger partial charge in [-0.05, 0) is 61.0 Å². The van der Waals surface area contributed by atoms with Crippen LogP contribution in [0, 0.1) is 0 Å². The van der Waals surface area contributed by atoms with E-state index in [4.69, 9.17) is 16.3 Å². The third-order valence-corrected chi connectivity index (χ3v) is 5.23. The van der Waals surface area contributed by atoms with Crippen LogP contribution in [0.15, 0.2) is 66.0 Å². The Morgan fingerprint density at radius 2 is 1.77 bits per heavy atom. The number of nitrogens with zero attached hydrogens (tertiary/aromatic N) is 1. The first-order valence-electron chi connectivity index (χ1n) is 9.31. The molecule has 0 fully saturated rings. The largest absolute Gasteiger partial charge is 0.492 e. The fraction of sp³-hybridized carbons (Fsp3) is 0.182. The van der Waals surface area contributed by atoms with Crippen LogP contribution in [0.5, 0.6) is 5.75 Å². The standard InChI is InChI=1S/C22H22ClN3O3S/c1-26(11-12-29-19-5-2-4-16(23)14-19)15-21(27)24-17-7-9-18(10-8-17)25-22(28)20-6-3-13-30-20/h2-10,13-14H,11-12,15H2,1H3,(H,24,27)(H,25,28). The second-order valence-electron chi connectivity index (χ2n) is 6.60. The molecule has 0 aliphatic carbocycles. The van der Waals surface area contributed by atoms with Crippen molar-refractivity contribution >= 4 is 46.1 Å². The molecule has 2 N–H and O–H groups in total. The summed E-state index contributed by atoms with van der Waals surface area (Å²) < 4.78 is 5.64. The summed E-state index contributed by atoms with van der Waals surface area (Å²) in [6.07, 6.45) is 0. The van der Waals surface area contributed by atoms with Crippen molar-refractivity contribution in [2.24, 2.45) is 0 Å². The van der Waals surface area contributed by atoms with Crippen molar-refractivity contribution < 1.29 is 14.3 Å². The Labute approximate surface area is 184 Å². The van der Waals surface area contributed by atoms with Crippen molar-refractivity contribution in [1.82, 2.24) is 4.90 Å². The molecule has 0 radical (unpaired) electrons. The lowest BCUT2D eigenvalue weighted by Crippen LogP contribution is -2.33. The lowest BCUT2D eigenvalue weighted by atomic mass is 10.2. The molecular weight excluding hydrogens is 422 g/mol. The highest BCUT2D eigenvalue weighted by Gasteiger charge is 2.09. The first-order valence-corrected chi connectivity index (χ1v) is 10.6. The molecule has 1 heterocycles. The monoisotopic (exact) mass is 443 g/mol. The van der Waals surface area contributed by atoms with Crippen molar-refractivity contribution in [2.45, 2.75) is 0 Å². The number of anilines is 2. The number of rotatable bonds is 9. The normalized spacial score (nSPS) is 10.6. The predicted molar refractivity (Wildman–Crippen MR) is 122 cm³/mol.